The van der Waals surface area contributed by atoms with Gasteiger partial charge in [-0.05, 0) is 87.0 Å². The molecule has 0 radical (unpaired) electrons. The number of amides is 2. The minimum absolute atomic E-state index is 0.229. The number of carbonyl (C=O) groups is 2. The lowest BCUT2D eigenvalue weighted by Gasteiger charge is -2.37. The van der Waals surface area contributed by atoms with E-state index >= 15 is 0 Å². The van der Waals surface area contributed by atoms with Crippen molar-refractivity contribution in [2.24, 2.45) is 11.1 Å². The minimum atomic E-state index is -0.994. The molecule has 3 atom stereocenters. The summed E-state index contributed by atoms with van der Waals surface area (Å²) in [7, 11) is 1.65. The molecule has 0 aliphatic heterocycles. The monoisotopic (exact) mass is 457 g/mol. The van der Waals surface area contributed by atoms with Crippen LogP contribution in [0.1, 0.15) is 108 Å². The van der Waals surface area contributed by atoms with Crippen molar-refractivity contribution in [3.63, 3.8) is 0 Å². The smallest absolute Gasteiger partial charge is 0.242 e. The first kappa shape index (κ1) is 30.8. The van der Waals surface area contributed by atoms with Crippen LogP contribution in [0.15, 0.2) is 0 Å². The molecule has 7 nitrogen and oxygen atoms in total. The molecule has 0 aromatic carbocycles. The van der Waals surface area contributed by atoms with Crippen molar-refractivity contribution < 1.29 is 19.4 Å². The highest BCUT2D eigenvalue weighted by molar-refractivity contribution is 5.90. The van der Waals surface area contributed by atoms with Gasteiger partial charge in [0.2, 0.25) is 11.8 Å². The SMILES string of the molecule is CCC(C)(N)CCC(NC(=O)C(C)(CC)CC(C)(C)O)C(=O)NC(C)(C)CC(C)(C)OC. The molecular formula is C25H51N3O4. The zero-order valence-electron chi connectivity index (χ0n) is 22.6. The summed E-state index contributed by atoms with van der Waals surface area (Å²) in [6.45, 7) is 19.0. The third kappa shape index (κ3) is 11.1. The fourth-order valence-electron chi connectivity index (χ4n) is 4.17. The first-order valence-corrected chi connectivity index (χ1v) is 11.9. The highest BCUT2D eigenvalue weighted by Gasteiger charge is 2.39. The lowest BCUT2D eigenvalue weighted by atomic mass is 9.77. The van der Waals surface area contributed by atoms with Crippen LogP contribution in [0.2, 0.25) is 0 Å². The predicted octanol–water partition coefficient (Wildman–Crippen LogP) is 3.67. The topological polar surface area (TPSA) is 114 Å². The van der Waals surface area contributed by atoms with Gasteiger partial charge in [0.1, 0.15) is 6.04 Å². The Morgan fingerprint density at radius 3 is 1.91 bits per heavy atom. The van der Waals surface area contributed by atoms with Gasteiger partial charge in [0.05, 0.1) is 11.2 Å². The normalized spacial score (nSPS) is 17.8. The Hall–Kier alpha value is -1.18. The molecule has 3 unspecified atom stereocenters. The highest BCUT2D eigenvalue weighted by atomic mass is 16.5. The van der Waals surface area contributed by atoms with Gasteiger partial charge in [-0.3, -0.25) is 9.59 Å². The Bertz CT molecular complexity index is 623. The average Bonchev–Trinajstić information content (AvgIpc) is 2.61. The summed E-state index contributed by atoms with van der Waals surface area (Å²) in [6, 6.07) is -0.713. The van der Waals surface area contributed by atoms with Crippen molar-refractivity contribution in [2.75, 3.05) is 7.11 Å². The second kappa shape index (κ2) is 11.3. The Kier molecular flexibility index (Phi) is 10.9. The lowest BCUT2D eigenvalue weighted by molar-refractivity contribution is -0.138. The Labute approximate surface area is 196 Å². The van der Waals surface area contributed by atoms with E-state index in [-0.39, 0.29) is 11.8 Å². The van der Waals surface area contributed by atoms with Crippen LogP contribution in [0.4, 0.5) is 0 Å². The summed E-state index contributed by atoms with van der Waals surface area (Å²) in [5.41, 5.74) is 3.19. The summed E-state index contributed by atoms with van der Waals surface area (Å²) >= 11 is 0. The summed E-state index contributed by atoms with van der Waals surface area (Å²) in [4.78, 5) is 26.6. The molecule has 0 spiro atoms. The van der Waals surface area contributed by atoms with Gasteiger partial charge in [0.25, 0.3) is 0 Å². The van der Waals surface area contributed by atoms with Gasteiger partial charge < -0.3 is 26.2 Å². The fraction of sp³-hybridized carbons (Fsp3) is 0.920. The standard InChI is InChI=1S/C25H51N3O4/c1-12-24(9,17-22(5,6)31)20(30)27-18(14-15-25(10,26)13-2)19(29)28-21(3,4)16-23(7,8)32-11/h18,31H,12-17,26H2,1-11H3,(H,27,30)(H,28,29). The quantitative estimate of drug-likeness (QED) is 0.318. The van der Waals surface area contributed by atoms with E-state index in [2.05, 4.69) is 10.6 Å². The van der Waals surface area contributed by atoms with Crippen molar-refractivity contribution in [3.05, 3.63) is 0 Å². The number of nitrogens with two attached hydrogens (primary N) is 1. The van der Waals surface area contributed by atoms with E-state index < -0.39 is 33.7 Å². The minimum Gasteiger partial charge on any atom is -0.390 e. The Morgan fingerprint density at radius 1 is 0.969 bits per heavy atom. The molecule has 7 heteroatoms. The number of carbonyl (C=O) groups excluding carboxylic acids is 2. The van der Waals surface area contributed by atoms with Crippen LogP contribution in [-0.2, 0) is 14.3 Å². The van der Waals surface area contributed by atoms with E-state index in [9.17, 15) is 14.7 Å². The summed E-state index contributed by atoms with van der Waals surface area (Å²) in [5.74, 6) is -0.462. The van der Waals surface area contributed by atoms with Gasteiger partial charge in [-0.15, -0.1) is 0 Å². The number of nitrogens with one attached hydrogen (secondary N) is 2. The summed E-state index contributed by atoms with van der Waals surface area (Å²) < 4.78 is 5.53. The van der Waals surface area contributed by atoms with E-state index in [0.29, 0.717) is 32.1 Å². The maximum Gasteiger partial charge on any atom is 0.242 e. The van der Waals surface area contributed by atoms with E-state index in [4.69, 9.17) is 10.5 Å². The third-order valence-electron chi connectivity index (χ3n) is 6.47. The summed E-state index contributed by atoms with van der Waals surface area (Å²) in [6.07, 6.45) is 3.26. The van der Waals surface area contributed by atoms with E-state index in [1.54, 1.807) is 21.0 Å². The van der Waals surface area contributed by atoms with Gasteiger partial charge >= 0.3 is 0 Å². The fourth-order valence-corrected chi connectivity index (χ4v) is 4.17. The van der Waals surface area contributed by atoms with Crippen molar-refractivity contribution >= 4 is 11.8 Å². The third-order valence-corrected chi connectivity index (χ3v) is 6.47. The van der Waals surface area contributed by atoms with Crippen LogP contribution in [0.25, 0.3) is 0 Å². The van der Waals surface area contributed by atoms with Crippen LogP contribution in [0, 0.1) is 5.41 Å². The Morgan fingerprint density at radius 2 is 1.50 bits per heavy atom. The molecule has 190 valence electrons. The van der Waals surface area contributed by atoms with E-state index in [0.717, 1.165) is 6.42 Å². The second-order valence-corrected chi connectivity index (χ2v) is 12.0. The van der Waals surface area contributed by atoms with E-state index in [1.165, 1.54) is 0 Å². The molecular weight excluding hydrogens is 406 g/mol. The number of hydrogen-bond donors (Lipinski definition) is 4. The molecule has 0 heterocycles. The number of aliphatic hydroxyl groups is 1. The molecule has 0 saturated carbocycles. The van der Waals surface area contributed by atoms with Gasteiger partial charge in [-0.1, -0.05) is 20.8 Å². The second-order valence-electron chi connectivity index (χ2n) is 12.0. The number of hydrogen-bond acceptors (Lipinski definition) is 5. The molecule has 0 aliphatic rings. The first-order valence-electron chi connectivity index (χ1n) is 11.9. The van der Waals surface area contributed by atoms with Crippen molar-refractivity contribution in [3.8, 4) is 0 Å². The molecule has 0 saturated heterocycles. The van der Waals surface area contributed by atoms with Gasteiger partial charge in [-0.25, -0.2) is 0 Å². The van der Waals surface area contributed by atoms with Crippen molar-refractivity contribution in [1.82, 2.24) is 10.6 Å². The van der Waals surface area contributed by atoms with Crippen molar-refractivity contribution in [1.29, 1.82) is 0 Å². The molecule has 5 N–H and O–H groups in total. The maximum absolute atomic E-state index is 13.3. The molecule has 2 amide bonds. The van der Waals surface area contributed by atoms with Crippen molar-refractivity contribution in [2.45, 2.75) is 136 Å². The molecule has 0 rings (SSSR count). The number of ether oxygens (including phenoxy) is 1. The molecule has 32 heavy (non-hydrogen) atoms. The zero-order valence-corrected chi connectivity index (χ0v) is 22.6. The van der Waals surface area contributed by atoms with Crippen LogP contribution >= 0.6 is 0 Å². The first-order chi connectivity index (χ1) is 14.2. The van der Waals surface area contributed by atoms with Crippen LogP contribution in [-0.4, -0.2) is 52.4 Å². The maximum atomic E-state index is 13.3. The lowest BCUT2D eigenvalue weighted by Crippen LogP contribution is -2.57. The van der Waals surface area contributed by atoms with Crippen LogP contribution in [0.3, 0.4) is 0 Å². The highest BCUT2D eigenvalue weighted by Crippen LogP contribution is 2.32. The number of rotatable bonds is 14. The number of methoxy groups -OCH3 is 1. The van der Waals surface area contributed by atoms with Crippen LogP contribution in [0.5, 0.6) is 0 Å². The molecule has 0 aromatic rings. The summed E-state index contributed by atoms with van der Waals surface area (Å²) in [5, 5.41) is 16.4. The largest absolute Gasteiger partial charge is 0.390 e. The van der Waals surface area contributed by atoms with Crippen LogP contribution < -0.4 is 16.4 Å². The predicted molar refractivity (Wildman–Crippen MR) is 131 cm³/mol. The van der Waals surface area contributed by atoms with Gasteiger partial charge in [0, 0.05) is 23.6 Å². The average molecular weight is 458 g/mol. The van der Waals surface area contributed by atoms with Gasteiger partial charge in [0.15, 0.2) is 0 Å². The molecule has 0 fully saturated rings. The Balaban J connectivity index is 5.68. The molecule has 0 aromatic heterocycles. The van der Waals surface area contributed by atoms with E-state index in [1.807, 2.05) is 55.4 Å². The molecule has 0 bridgehead atoms. The molecule has 0 aliphatic carbocycles. The zero-order chi connectivity index (χ0) is 25.6. The van der Waals surface area contributed by atoms with Gasteiger partial charge in [-0.2, -0.15) is 0 Å².